The fraction of sp³-hybridized carbons (Fsp3) is 0.280. The molecule has 0 aromatic heterocycles. The average Bonchev–Trinajstić information content (AvgIpc) is 3.27. The van der Waals surface area contributed by atoms with Crippen molar-refractivity contribution in [3.63, 3.8) is 0 Å². The third kappa shape index (κ3) is 11.2. The maximum absolute atomic E-state index is 14.9. The lowest BCUT2D eigenvalue weighted by Crippen LogP contribution is -2.25. The van der Waals surface area contributed by atoms with Crippen LogP contribution < -0.4 is 26.7 Å². The number of benzene rings is 6. The van der Waals surface area contributed by atoms with Crippen LogP contribution in [0.15, 0.2) is 84.9 Å². The zero-order valence-corrected chi connectivity index (χ0v) is 36.9. The fourth-order valence-corrected chi connectivity index (χ4v) is 8.03. The van der Waals surface area contributed by atoms with E-state index < -0.39 is 98.6 Å². The molecule has 20 heteroatoms. The Bertz CT molecular complexity index is 2620. The van der Waals surface area contributed by atoms with E-state index in [-0.39, 0.29) is 41.0 Å². The van der Waals surface area contributed by atoms with E-state index in [1.807, 2.05) is 6.92 Å². The Morgan fingerprint density at radius 2 is 0.886 bits per heavy atom. The Morgan fingerprint density at radius 1 is 0.443 bits per heavy atom. The molecule has 0 bridgehead atoms. The number of halogens is 13. The van der Waals surface area contributed by atoms with E-state index in [1.54, 1.807) is 18.2 Å². The number of alkyl halides is 4. The average molecular weight is 996 g/mol. The summed E-state index contributed by atoms with van der Waals surface area (Å²) in [4.78, 5) is 0. The van der Waals surface area contributed by atoms with Gasteiger partial charge in [-0.1, -0.05) is 38.1 Å². The molecule has 372 valence electrons. The van der Waals surface area contributed by atoms with E-state index in [4.69, 9.17) is 26.7 Å². The molecule has 0 saturated carbocycles. The third-order valence-electron chi connectivity index (χ3n) is 11.7. The largest absolute Gasteiger partial charge is 0.432 e. The summed E-state index contributed by atoms with van der Waals surface area (Å²) < 4.78 is 204. The number of ether oxygens (including phenoxy) is 4. The highest BCUT2D eigenvalue weighted by atomic mass is 19.3. The minimum absolute atomic E-state index is 0.101. The molecule has 6 aromatic rings. The quantitative estimate of drug-likeness (QED) is 0.0711. The monoisotopic (exact) mass is 995 g/mol. The SMILES string of the molecule is CC1CCC(c2ccc(-c3cc(F)c(C(F)(F)Oc4cc(F)c(F)c(F)c4)c(F)c3)c(F)c2)OC1.CC1CCC(c2ccc(-c3cc(N)c(C(F)(F)Oc4cc(N)c(F)c(F)c4)c(F)c3)c(N)c2)OC1. The van der Waals surface area contributed by atoms with Crippen LogP contribution in [-0.2, 0) is 21.7 Å². The van der Waals surface area contributed by atoms with Crippen molar-refractivity contribution in [3.8, 4) is 33.8 Å². The first kappa shape index (κ1) is 51.2. The van der Waals surface area contributed by atoms with Crippen molar-refractivity contribution in [1.82, 2.24) is 0 Å². The van der Waals surface area contributed by atoms with Gasteiger partial charge in [0.2, 0.25) is 0 Å². The van der Waals surface area contributed by atoms with Crippen molar-refractivity contribution in [2.45, 2.75) is 64.0 Å². The molecule has 2 saturated heterocycles. The molecule has 70 heavy (non-hydrogen) atoms. The normalized spacial score (nSPS) is 18.5. The predicted molar refractivity (Wildman–Crippen MR) is 233 cm³/mol. The molecule has 0 amide bonds. The van der Waals surface area contributed by atoms with Gasteiger partial charge in [-0.2, -0.15) is 17.6 Å². The second kappa shape index (κ2) is 20.4. The summed E-state index contributed by atoms with van der Waals surface area (Å²) in [6, 6.07) is 13.3. The van der Waals surface area contributed by atoms with Crippen LogP contribution in [0.3, 0.4) is 0 Å². The molecular formula is C50H42F13N3O4. The molecule has 2 aliphatic heterocycles. The molecule has 2 fully saturated rings. The number of nitrogen functional groups attached to an aromatic ring is 3. The fourth-order valence-electron chi connectivity index (χ4n) is 8.03. The zero-order valence-electron chi connectivity index (χ0n) is 36.9. The van der Waals surface area contributed by atoms with Gasteiger partial charge in [-0.25, -0.2) is 39.5 Å². The Hall–Kier alpha value is -6.67. The third-order valence-corrected chi connectivity index (χ3v) is 11.7. The van der Waals surface area contributed by atoms with Crippen LogP contribution in [0.4, 0.5) is 74.1 Å². The molecule has 4 atom stereocenters. The first-order valence-corrected chi connectivity index (χ1v) is 21.5. The molecule has 6 aromatic carbocycles. The van der Waals surface area contributed by atoms with Crippen LogP contribution in [0, 0.1) is 64.2 Å². The van der Waals surface area contributed by atoms with Crippen molar-refractivity contribution >= 4 is 17.1 Å². The van der Waals surface area contributed by atoms with Crippen molar-refractivity contribution in [1.29, 1.82) is 0 Å². The van der Waals surface area contributed by atoms with Gasteiger partial charge in [0.15, 0.2) is 29.1 Å². The molecular weight excluding hydrogens is 954 g/mol. The lowest BCUT2D eigenvalue weighted by atomic mass is 9.93. The Kier molecular flexibility index (Phi) is 14.9. The lowest BCUT2D eigenvalue weighted by molar-refractivity contribution is -0.189. The molecule has 2 aliphatic rings. The van der Waals surface area contributed by atoms with Crippen LogP contribution in [-0.4, -0.2) is 13.2 Å². The summed E-state index contributed by atoms with van der Waals surface area (Å²) in [5, 5.41) is 0. The number of rotatable bonds is 10. The molecule has 8 rings (SSSR count). The van der Waals surface area contributed by atoms with Crippen molar-refractivity contribution < 1.29 is 76.0 Å². The van der Waals surface area contributed by atoms with Gasteiger partial charge in [0.1, 0.15) is 45.9 Å². The Balaban J connectivity index is 0.000000206. The van der Waals surface area contributed by atoms with Crippen LogP contribution >= 0.6 is 0 Å². The first-order chi connectivity index (χ1) is 32.9. The van der Waals surface area contributed by atoms with Gasteiger partial charge >= 0.3 is 12.2 Å². The van der Waals surface area contributed by atoms with E-state index in [9.17, 15) is 57.1 Å². The van der Waals surface area contributed by atoms with E-state index in [0.717, 1.165) is 43.0 Å². The van der Waals surface area contributed by atoms with Crippen LogP contribution in [0.1, 0.15) is 74.0 Å². The smallest absolute Gasteiger partial charge is 0.429 e. The summed E-state index contributed by atoms with van der Waals surface area (Å²) in [5.74, 6) is -15.4. The van der Waals surface area contributed by atoms with Crippen molar-refractivity contribution in [2.75, 3.05) is 30.4 Å². The Labute approximate surface area is 391 Å². The molecule has 0 aliphatic carbocycles. The van der Waals surface area contributed by atoms with E-state index in [1.165, 1.54) is 12.1 Å². The summed E-state index contributed by atoms with van der Waals surface area (Å²) in [7, 11) is 0. The molecule has 2 heterocycles. The second-order valence-corrected chi connectivity index (χ2v) is 17.1. The van der Waals surface area contributed by atoms with E-state index in [2.05, 4.69) is 16.4 Å². The van der Waals surface area contributed by atoms with Gasteiger partial charge < -0.3 is 36.1 Å². The number of anilines is 3. The summed E-state index contributed by atoms with van der Waals surface area (Å²) in [6.07, 6.45) is -6.06. The molecule has 4 unspecified atom stereocenters. The van der Waals surface area contributed by atoms with Crippen LogP contribution in [0.5, 0.6) is 11.5 Å². The number of hydrogen-bond acceptors (Lipinski definition) is 7. The second-order valence-electron chi connectivity index (χ2n) is 17.1. The van der Waals surface area contributed by atoms with Gasteiger partial charge in [0, 0.05) is 60.0 Å². The van der Waals surface area contributed by atoms with Crippen molar-refractivity contribution in [2.24, 2.45) is 11.8 Å². The molecule has 0 spiro atoms. The molecule has 7 nitrogen and oxygen atoms in total. The molecule has 6 N–H and O–H groups in total. The minimum Gasteiger partial charge on any atom is -0.429 e. The number of hydrogen-bond donors (Lipinski definition) is 3. The summed E-state index contributed by atoms with van der Waals surface area (Å²) in [6.45, 7) is 5.29. The van der Waals surface area contributed by atoms with Gasteiger partial charge in [-0.05, 0) is 96.2 Å². The zero-order chi connectivity index (χ0) is 51.0. The molecule has 0 radical (unpaired) electrons. The van der Waals surface area contributed by atoms with Crippen molar-refractivity contribution in [3.05, 3.63) is 160 Å². The maximum atomic E-state index is 14.9. The lowest BCUT2D eigenvalue weighted by Gasteiger charge is -2.27. The predicted octanol–water partition coefficient (Wildman–Crippen LogP) is 13.9. The van der Waals surface area contributed by atoms with Gasteiger partial charge in [-0.15, -0.1) is 0 Å². The maximum Gasteiger partial charge on any atom is 0.432 e. The topological polar surface area (TPSA) is 115 Å². The van der Waals surface area contributed by atoms with Crippen LogP contribution in [0.2, 0.25) is 0 Å². The highest BCUT2D eigenvalue weighted by Crippen LogP contribution is 2.43. The Morgan fingerprint density at radius 3 is 1.34 bits per heavy atom. The standard InChI is InChI=1S/C25H18F8O2.C25H24F5N3O2/c1-12-2-5-22(34-11-12)13-3-4-16(17(26)6-13)14-7-18(27)23(19(28)8-14)25(32,33)35-15-9-20(29)24(31)21(30)10-15;1-12-2-5-22(34-11-12)13-3-4-16(19(31)7-13)14-6-17(26)23(20(32)8-14)25(29,30)35-15-9-18(27)24(28)21(33)10-15/h3-4,6-10,12,22H,2,5,11H2,1H3;3-4,6-10,12,22H,2,5,11,31-33H2,1H3. The minimum atomic E-state index is -4.73. The number of nitrogens with two attached hydrogens (primary N) is 3. The summed E-state index contributed by atoms with van der Waals surface area (Å²) >= 11 is 0. The summed E-state index contributed by atoms with van der Waals surface area (Å²) in [5.41, 5.74) is 14.4. The van der Waals surface area contributed by atoms with Crippen LogP contribution in [0.25, 0.3) is 22.3 Å². The highest BCUT2D eigenvalue weighted by Gasteiger charge is 2.43. The van der Waals surface area contributed by atoms with E-state index in [0.29, 0.717) is 72.6 Å². The van der Waals surface area contributed by atoms with Gasteiger partial charge in [-0.3, -0.25) is 0 Å². The van der Waals surface area contributed by atoms with E-state index >= 15 is 0 Å². The first-order valence-electron chi connectivity index (χ1n) is 21.5. The van der Waals surface area contributed by atoms with Gasteiger partial charge in [0.25, 0.3) is 0 Å². The highest BCUT2D eigenvalue weighted by molar-refractivity contribution is 5.79. The van der Waals surface area contributed by atoms with Gasteiger partial charge in [0.05, 0.1) is 17.9 Å².